The Labute approximate surface area is 139 Å². The van der Waals surface area contributed by atoms with Gasteiger partial charge in [0.2, 0.25) is 0 Å². The van der Waals surface area contributed by atoms with Crippen LogP contribution >= 0.6 is 0 Å². The third kappa shape index (κ3) is 5.15. The summed E-state index contributed by atoms with van der Waals surface area (Å²) in [5, 5.41) is 0. The fraction of sp³-hybridized carbons (Fsp3) is 0.632. The van der Waals surface area contributed by atoms with Crippen LogP contribution in [0.5, 0.6) is 5.75 Å². The van der Waals surface area contributed by atoms with Gasteiger partial charge in [0, 0.05) is 6.42 Å². The number of carbonyl (C=O) groups excluding carboxylic acids is 1. The van der Waals surface area contributed by atoms with Crippen molar-refractivity contribution < 1.29 is 14.3 Å². The molecule has 0 saturated heterocycles. The van der Waals surface area contributed by atoms with E-state index in [4.69, 9.17) is 15.2 Å². The van der Waals surface area contributed by atoms with Crippen LogP contribution in [0.1, 0.15) is 57.6 Å². The zero-order valence-corrected chi connectivity index (χ0v) is 14.8. The molecule has 2 N–H and O–H groups in total. The Morgan fingerprint density at radius 1 is 1.22 bits per heavy atom. The van der Waals surface area contributed by atoms with Crippen LogP contribution in [0.3, 0.4) is 0 Å². The number of benzene rings is 1. The Morgan fingerprint density at radius 3 is 2.39 bits per heavy atom. The number of aryl methyl sites for hydroxylation is 2. The minimum Gasteiger partial charge on any atom is -0.495 e. The van der Waals surface area contributed by atoms with Gasteiger partial charge in [0.15, 0.2) is 0 Å². The molecule has 0 aliphatic heterocycles. The van der Waals surface area contributed by atoms with Crippen molar-refractivity contribution >= 4 is 11.7 Å². The number of carbonyl (C=O) groups is 1. The largest absolute Gasteiger partial charge is 0.495 e. The van der Waals surface area contributed by atoms with Crippen molar-refractivity contribution in [3.8, 4) is 5.75 Å². The van der Waals surface area contributed by atoms with Crippen molar-refractivity contribution in [1.29, 1.82) is 0 Å². The fourth-order valence-corrected chi connectivity index (χ4v) is 3.19. The molecular formula is C19H29NO3. The second-order valence-electron chi connectivity index (χ2n) is 7.43. The van der Waals surface area contributed by atoms with Gasteiger partial charge in [-0.25, -0.2) is 0 Å². The third-order valence-corrected chi connectivity index (χ3v) is 4.37. The minimum absolute atomic E-state index is 0.0924. The lowest BCUT2D eigenvalue weighted by atomic mass is 9.94. The van der Waals surface area contributed by atoms with E-state index in [0.717, 1.165) is 37.9 Å². The summed E-state index contributed by atoms with van der Waals surface area (Å²) in [5.74, 6) is 1.23. The van der Waals surface area contributed by atoms with Crippen molar-refractivity contribution in [3.05, 3.63) is 23.3 Å². The molecule has 1 aromatic carbocycles. The first kappa shape index (κ1) is 17.6. The van der Waals surface area contributed by atoms with E-state index in [9.17, 15) is 4.79 Å². The average Bonchev–Trinajstić information content (AvgIpc) is 2.64. The van der Waals surface area contributed by atoms with Crippen molar-refractivity contribution in [2.24, 2.45) is 5.92 Å². The lowest BCUT2D eigenvalue weighted by Crippen LogP contribution is -2.24. The maximum absolute atomic E-state index is 11.9. The number of rotatable bonds is 4. The molecule has 1 aliphatic rings. The van der Waals surface area contributed by atoms with E-state index in [1.807, 2.05) is 26.8 Å². The second kappa shape index (κ2) is 7.24. The number of hydrogen-bond donors (Lipinski definition) is 1. The molecule has 0 heterocycles. The van der Waals surface area contributed by atoms with Crippen LogP contribution in [-0.2, 0) is 22.4 Å². The number of nitrogens with two attached hydrogens (primary N) is 1. The highest BCUT2D eigenvalue weighted by molar-refractivity contribution is 5.69. The highest BCUT2D eigenvalue weighted by atomic mass is 16.6. The maximum Gasteiger partial charge on any atom is 0.306 e. The standard InChI is InChI=1S/C19H29NO3/c1-19(2,3)23-18(21)10-7-13-5-8-14-11-16(20)17(22-4)12-15(14)9-6-13/h11-13H,5-10,20H2,1-4H3. The van der Waals surface area contributed by atoms with Gasteiger partial charge in [-0.05, 0) is 82.1 Å². The van der Waals surface area contributed by atoms with Crippen LogP contribution < -0.4 is 10.5 Å². The van der Waals surface area contributed by atoms with Crippen LogP contribution in [0.15, 0.2) is 12.1 Å². The van der Waals surface area contributed by atoms with Crippen LogP contribution in [-0.4, -0.2) is 18.7 Å². The van der Waals surface area contributed by atoms with Crippen molar-refractivity contribution in [2.75, 3.05) is 12.8 Å². The third-order valence-electron chi connectivity index (χ3n) is 4.37. The van der Waals surface area contributed by atoms with Gasteiger partial charge in [-0.3, -0.25) is 4.79 Å². The minimum atomic E-state index is -0.398. The van der Waals surface area contributed by atoms with Crippen molar-refractivity contribution in [3.63, 3.8) is 0 Å². The fourth-order valence-electron chi connectivity index (χ4n) is 3.19. The molecule has 0 aromatic heterocycles. The van der Waals surface area contributed by atoms with E-state index in [2.05, 4.69) is 6.07 Å². The molecule has 0 spiro atoms. The van der Waals surface area contributed by atoms with Gasteiger partial charge in [-0.1, -0.05) is 0 Å². The molecule has 4 heteroatoms. The SMILES string of the molecule is COc1cc2c(cc1N)CCC(CCC(=O)OC(C)(C)C)CC2. The Kier molecular flexibility index (Phi) is 5.55. The number of fused-ring (bicyclic) bond motifs is 1. The number of nitrogen functional groups attached to an aromatic ring is 1. The van der Waals surface area contributed by atoms with E-state index in [1.54, 1.807) is 7.11 Å². The second-order valence-corrected chi connectivity index (χ2v) is 7.43. The molecule has 1 aromatic rings. The first-order valence-corrected chi connectivity index (χ1v) is 8.45. The summed E-state index contributed by atoms with van der Waals surface area (Å²) in [6, 6.07) is 4.12. The maximum atomic E-state index is 11.9. The Balaban J connectivity index is 1.91. The van der Waals surface area contributed by atoms with Gasteiger partial charge in [0.1, 0.15) is 11.4 Å². The van der Waals surface area contributed by atoms with Crippen molar-refractivity contribution in [1.82, 2.24) is 0 Å². The summed E-state index contributed by atoms with van der Waals surface area (Å²) >= 11 is 0. The summed E-state index contributed by atoms with van der Waals surface area (Å²) < 4.78 is 10.7. The zero-order valence-electron chi connectivity index (χ0n) is 14.8. The van der Waals surface area contributed by atoms with Gasteiger partial charge in [0.25, 0.3) is 0 Å². The first-order valence-electron chi connectivity index (χ1n) is 8.45. The monoisotopic (exact) mass is 319 g/mol. The summed E-state index contributed by atoms with van der Waals surface area (Å²) in [5.41, 5.74) is 8.97. The van der Waals surface area contributed by atoms with Crippen LogP contribution in [0.2, 0.25) is 0 Å². The van der Waals surface area contributed by atoms with Crippen LogP contribution in [0, 0.1) is 5.92 Å². The first-order chi connectivity index (χ1) is 10.8. The number of esters is 1. The predicted molar refractivity (Wildman–Crippen MR) is 92.6 cm³/mol. The van der Waals surface area contributed by atoms with Crippen LogP contribution in [0.25, 0.3) is 0 Å². The summed E-state index contributed by atoms with van der Waals surface area (Å²) in [4.78, 5) is 11.9. The van der Waals surface area contributed by atoms with Gasteiger partial charge >= 0.3 is 5.97 Å². The van der Waals surface area contributed by atoms with Crippen LogP contribution in [0.4, 0.5) is 5.69 Å². The predicted octanol–water partition coefficient (Wildman–Crippen LogP) is 3.89. The van der Waals surface area contributed by atoms with Gasteiger partial charge in [-0.2, -0.15) is 0 Å². The molecule has 0 bridgehead atoms. The van der Waals surface area contributed by atoms with E-state index in [-0.39, 0.29) is 5.97 Å². The van der Waals surface area contributed by atoms with Gasteiger partial charge in [-0.15, -0.1) is 0 Å². The summed E-state index contributed by atoms with van der Waals surface area (Å²) in [7, 11) is 1.65. The van der Waals surface area contributed by atoms with E-state index in [1.165, 1.54) is 11.1 Å². The average molecular weight is 319 g/mol. The lowest BCUT2D eigenvalue weighted by Gasteiger charge is -2.20. The number of anilines is 1. The topological polar surface area (TPSA) is 61.5 Å². The normalized spacial score (nSPS) is 18.0. The van der Waals surface area contributed by atoms with E-state index in [0.29, 0.717) is 18.0 Å². The van der Waals surface area contributed by atoms with E-state index < -0.39 is 5.60 Å². The van der Waals surface area contributed by atoms with Gasteiger partial charge < -0.3 is 15.2 Å². The lowest BCUT2D eigenvalue weighted by molar-refractivity contribution is -0.155. The number of methoxy groups -OCH3 is 1. The number of hydrogen-bond acceptors (Lipinski definition) is 4. The molecule has 1 unspecified atom stereocenters. The smallest absolute Gasteiger partial charge is 0.306 e. The Morgan fingerprint density at radius 2 is 1.83 bits per heavy atom. The molecule has 1 atom stereocenters. The molecule has 2 rings (SSSR count). The van der Waals surface area contributed by atoms with Crippen molar-refractivity contribution in [2.45, 2.75) is 64.9 Å². The Bertz CT molecular complexity index is 560. The summed E-state index contributed by atoms with van der Waals surface area (Å²) in [6.45, 7) is 5.72. The Hall–Kier alpha value is -1.71. The molecular weight excluding hydrogens is 290 g/mol. The van der Waals surface area contributed by atoms with E-state index >= 15 is 0 Å². The summed E-state index contributed by atoms with van der Waals surface area (Å²) in [6.07, 6.45) is 5.64. The van der Waals surface area contributed by atoms with Gasteiger partial charge in [0.05, 0.1) is 12.8 Å². The molecule has 0 radical (unpaired) electrons. The molecule has 0 saturated carbocycles. The molecule has 23 heavy (non-hydrogen) atoms. The molecule has 0 amide bonds. The highest BCUT2D eigenvalue weighted by Crippen LogP contribution is 2.33. The highest BCUT2D eigenvalue weighted by Gasteiger charge is 2.21. The zero-order chi connectivity index (χ0) is 17.0. The molecule has 1 aliphatic carbocycles. The number of ether oxygens (including phenoxy) is 2. The molecule has 4 nitrogen and oxygen atoms in total. The quantitative estimate of drug-likeness (QED) is 0.519. The molecule has 128 valence electrons. The molecule has 0 fully saturated rings.